The molecular weight excluding hydrogens is 238 g/mol. The fourth-order valence-corrected chi connectivity index (χ4v) is 5.52. The smallest absolute Gasteiger partial charge is 0.323 e. The maximum absolute atomic E-state index is 11.7. The Labute approximate surface area is 115 Å². The van der Waals surface area contributed by atoms with E-state index in [4.69, 9.17) is 0 Å². The first-order chi connectivity index (χ1) is 9.06. The summed E-state index contributed by atoms with van der Waals surface area (Å²) in [6.45, 7) is 1.93. The second-order valence-corrected chi connectivity index (χ2v) is 7.88. The van der Waals surface area contributed by atoms with Gasteiger partial charge in [0, 0.05) is 6.04 Å². The molecule has 0 saturated heterocycles. The zero-order valence-electron chi connectivity index (χ0n) is 11.8. The number of aliphatic carboxylic acids is 1. The molecule has 0 heterocycles. The summed E-state index contributed by atoms with van der Waals surface area (Å²) in [6.07, 6.45) is 9.04. The molecule has 106 valence electrons. The van der Waals surface area contributed by atoms with Crippen LogP contribution in [0.1, 0.15) is 51.9 Å². The van der Waals surface area contributed by atoms with Crippen LogP contribution in [0.2, 0.25) is 0 Å². The van der Waals surface area contributed by atoms with E-state index >= 15 is 0 Å². The second kappa shape index (κ2) is 3.97. The monoisotopic (exact) mass is 263 g/mol. The molecule has 1 unspecified atom stereocenters. The van der Waals surface area contributed by atoms with Gasteiger partial charge in [-0.25, -0.2) is 0 Å². The third kappa shape index (κ3) is 1.84. The normalized spacial score (nSPS) is 47.1. The van der Waals surface area contributed by atoms with Crippen LogP contribution < -0.4 is 5.32 Å². The lowest BCUT2D eigenvalue weighted by molar-refractivity contribution is -0.147. The molecule has 3 nitrogen and oxygen atoms in total. The Morgan fingerprint density at radius 2 is 1.58 bits per heavy atom. The van der Waals surface area contributed by atoms with Gasteiger partial charge in [0.25, 0.3) is 0 Å². The summed E-state index contributed by atoms with van der Waals surface area (Å²) in [5.74, 6) is 3.16. The van der Waals surface area contributed by atoms with Crippen molar-refractivity contribution in [1.29, 1.82) is 0 Å². The molecule has 0 aromatic heterocycles. The molecule has 0 aromatic carbocycles. The first kappa shape index (κ1) is 12.2. The molecule has 0 spiro atoms. The van der Waals surface area contributed by atoms with E-state index in [2.05, 4.69) is 5.32 Å². The first-order valence-corrected chi connectivity index (χ1v) is 8.07. The van der Waals surface area contributed by atoms with Crippen LogP contribution in [-0.2, 0) is 4.79 Å². The SMILES string of the molecule is CC(NC1C2CC3CC(C2)CC1C3)(C(=O)O)C1CC1. The van der Waals surface area contributed by atoms with E-state index in [1.807, 2.05) is 6.92 Å². The van der Waals surface area contributed by atoms with E-state index in [-0.39, 0.29) is 0 Å². The van der Waals surface area contributed by atoms with Gasteiger partial charge in [-0.1, -0.05) is 0 Å². The third-order valence-electron chi connectivity index (χ3n) is 6.53. The molecule has 0 amide bonds. The molecule has 5 rings (SSSR count). The predicted octanol–water partition coefficient (Wildman–Crippen LogP) is 2.65. The van der Waals surface area contributed by atoms with Crippen LogP contribution in [0.25, 0.3) is 0 Å². The lowest BCUT2D eigenvalue weighted by Crippen LogP contribution is -2.63. The van der Waals surface area contributed by atoms with Gasteiger partial charge >= 0.3 is 5.97 Å². The highest BCUT2D eigenvalue weighted by atomic mass is 16.4. The van der Waals surface area contributed by atoms with Crippen molar-refractivity contribution in [3.8, 4) is 0 Å². The number of carboxylic acids is 1. The Morgan fingerprint density at radius 1 is 1.05 bits per heavy atom. The zero-order valence-corrected chi connectivity index (χ0v) is 11.8. The molecule has 2 N–H and O–H groups in total. The Hall–Kier alpha value is -0.570. The fourth-order valence-electron chi connectivity index (χ4n) is 5.52. The Bertz CT molecular complexity index is 376. The van der Waals surface area contributed by atoms with Crippen LogP contribution >= 0.6 is 0 Å². The largest absolute Gasteiger partial charge is 0.480 e. The van der Waals surface area contributed by atoms with Crippen molar-refractivity contribution in [3.05, 3.63) is 0 Å². The molecule has 4 bridgehead atoms. The van der Waals surface area contributed by atoms with Gasteiger partial charge in [0.05, 0.1) is 0 Å². The van der Waals surface area contributed by atoms with Crippen LogP contribution in [0.15, 0.2) is 0 Å². The molecule has 5 saturated carbocycles. The van der Waals surface area contributed by atoms with Crippen molar-refractivity contribution < 1.29 is 9.90 Å². The van der Waals surface area contributed by atoms with Gasteiger partial charge in [-0.05, 0) is 81.5 Å². The van der Waals surface area contributed by atoms with Crippen molar-refractivity contribution in [3.63, 3.8) is 0 Å². The van der Waals surface area contributed by atoms with Gasteiger partial charge in [0.1, 0.15) is 5.54 Å². The van der Waals surface area contributed by atoms with Crippen molar-refractivity contribution in [2.75, 3.05) is 0 Å². The van der Waals surface area contributed by atoms with Crippen molar-refractivity contribution in [2.45, 2.75) is 63.5 Å². The Morgan fingerprint density at radius 3 is 2.00 bits per heavy atom. The molecule has 5 aliphatic carbocycles. The zero-order chi connectivity index (χ0) is 13.2. The number of nitrogens with one attached hydrogen (secondary N) is 1. The maximum atomic E-state index is 11.7. The lowest BCUT2D eigenvalue weighted by atomic mass is 9.54. The summed E-state index contributed by atoms with van der Waals surface area (Å²) in [4.78, 5) is 11.7. The summed E-state index contributed by atoms with van der Waals surface area (Å²) < 4.78 is 0. The third-order valence-corrected chi connectivity index (χ3v) is 6.53. The number of carbonyl (C=O) groups is 1. The van der Waals surface area contributed by atoms with E-state index in [1.54, 1.807) is 0 Å². The van der Waals surface area contributed by atoms with Crippen molar-refractivity contribution in [1.82, 2.24) is 5.32 Å². The van der Waals surface area contributed by atoms with Gasteiger partial charge in [-0.15, -0.1) is 0 Å². The number of hydrogen-bond donors (Lipinski definition) is 2. The standard InChI is InChI=1S/C16H25NO2/c1-16(15(18)19,13-2-3-13)17-14-11-5-9-4-10(7-11)8-12(14)6-9/h9-14,17H,2-8H2,1H3,(H,18,19). The number of carboxylic acid groups (broad SMARTS) is 1. The summed E-state index contributed by atoms with van der Waals surface area (Å²) in [7, 11) is 0. The van der Waals surface area contributed by atoms with Crippen LogP contribution in [0.3, 0.4) is 0 Å². The average molecular weight is 263 g/mol. The van der Waals surface area contributed by atoms with Crippen molar-refractivity contribution >= 4 is 5.97 Å². The van der Waals surface area contributed by atoms with Gasteiger partial charge in [-0.2, -0.15) is 0 Å². The molecule has 0 aromatic rings. The first-order valence-electron chi connectivity index (χ1n) is 8.07. The van der Waals surface area contributed by atoms with Crippen LogP contribution in [-0.4, -0.2) is 22.7 Å². The quantitative estimate of drug-likeness (QED) is 0.820. The minimum absolute atomic E-state index is 0.363. The summed E-state index contributed by atoms with van der Waals surface area (Å²) in [6, 6.07) is 0.481. The molecule has 3 heteroatoms. The van der Waals surface area contributed by atoms with Crippen LogP contribution in [0.5, 0.6) is 0 Å². The topological polar surface area (TPSA) is 49.3 Å². The molecular formula is C16H25NO2. The highest BCUT2D eigenvalue weighted by Gasteiger charge is 2.54. The Balaban J connectivity index is 1.54. The van der Waals surface area contributed by atoms with E-state index in [9.17, 15) is 9.90 Å². The highest BCUT2D eigenvalue weighted by molar-refractivity contribution is 5.79. The van der Waals surface area contributed by atoms with Gasteiger partial charge in [0.15, 0.2) is 0 Å². The molecule has 0 aliphatic heterocycles. The molecule has 0 radical (unpaired) electrons. The fraction of sp³-hybridized carbons (Fsp3) is 0.938. The molecule has 1 atom stereocenters. The van der Waals surface area contributed by atoms with Crippen molar-refractivity contribution in [2.24, 2.45) is 29.6 Å². The van der Waals surface area contributed by atoms with Crippen LogP contribution in [0, 0.1) is 29.6 Å². The summed E-state index contributed by atoms with van der Waals surface area (Å²) in [5, 5.41) is 13.3. The number of rotatable bonds is 4. The highest BCUT2D eigenvalue weighted by Crippen LogP contribution is 2.54. The van der Waals surface area contributed by atoms with E-state index in [0.717, 1.165) is 36.5 Å². The van der Waals surface area contributed by atoms with Crippen LogP contribution in [0.4, 0.5) is 0 Å². The molecule has 5 aliphatic rings. The average Bonchev–Trinajstić information content (AvgIpc) is 3.16. The minimum Gasteiger partial charge on any atom is -0.480 e. The minimum atomic E-state index is -0.667. The summed E-state index contributed by atoms with van der Waals surface area (Å²) >= 11 is 0. The van der Waals surface area contributed by atoms with Gasteiger partial charge in [0.2, 0.25) is 0 Å². The molecule has 19 heavy (non-hydrogen) atoms. The maximum Gasteiger partial charge on any atom is 0.323 e. The second-order valence-electron chi connectivity index (χ2n) is 7.88. The lowest BCUT2D eigenvalue weighted by Gasteiger charge is -2.56. The Kier molecular flexibility index (Phi) is 2.55. The number of hydrogen-bond acceptors (Lipinski definition) is 2. The predicted molar refractivity (Wildman–Crippen MR) is 72.7 cm³/mol. The van der Waals surface area contributed by atoms with Gasteiger partial charge in [-0.3, -0.25) is 10.1 Å². The molecule has 5 fully saturated rings. The van der Waals surface area contributed by atoms with E-state index < -0.39 is 11.5 Å². The van der Waals surface area contributed by atoms with E-state index in [1.165, 1.54) is 32.1 Å². The van der Waals surface area contributed by atoms with Gasteiger partial charge < -0.3 is 5.11 Å². The summed E-state index contributed by atoms with van der Waals surface area (Å²) in [5.41, 5.74) is -0.667. The van der Waals surface area contributed by atoms with E-state index in [0.29, 0.717) is 12.0 Å².